The highest BCUT2D eigenvalue weighted by Gasteiger charge is 2.20. The van der Waals surface area contributed by atoms with Gasteiger partial charge in [0.2, 0.25) is 10.0 Å². The van der Waals surface area contributed by atoms with Crippen LogP contribution >= 0.6 is 11.6 Å². The predicted octanol–water partition coefficient (Wildman–Crippen LogP) is 1.28. The molecule has 1 atom stereocenters. The van der Waals surface area contributed by atoms with Gasteiger partial charge in [0, 0.05) is 11.6 Å². The van der Waals surface area contributed by atoms with E-state index >= 15 is 0 Å². The minimum absolute atomic E-state index is 0.00366. The van der Waals surface area contributed by atoms with E-state index in [1.54, 1.807) is 0 Å². The summed E-state index contributed by atoms with van der Waals surface area (Å²) < 4.78 is 28.3. The van der Waals surface area contributed by atoms with Gasteiger partial charge < -0.3 is 10.1 Å². The van der Waals surface area contributed by atoms with Crippen molar-refractivity contribution in [1.29, 1.82) is 0 Å². The zero-order valence-corrected chi connectivity index (χ0v) is 12.8. The smallest absolute Gasteiger partial charge is 0.260 e. The van der Waals surface area contributed by atoms with Crippen LogP contribution in [0.2, 0.25) is 5.02 Å². The molecule has 0 heterocycles. The van der Waals surface area contributed by atoms with E-state index in [0.29, 0.717) is 6.54 Å². The van der Waals surface area contributed by atoms with Gasteiger partial charge in [-0.15, -0.1) is 0 Å². The van der Waals surface area contributed by atoms with Gasteiger partial charge in [-0.2, -0.15) is 0 Å². The quantitative estimate of drug-likeness (QED) is 0.824. The van der Waals surface area contributed by atoms with Crippen LogP contribution in [0, 0.1) is 0 Å². The highest BCUT2D eigenvalue weighted by Crippen LogP contribution is 2.27. The molecule has 1 unspecified atom stereocenters. The van der Waals surface area contributed by atoms with Crippen molar-refractivity contribution in [3.63, 3.8) is 0 Å². The summed E-state index contributed by atoms with van der Waals surface area (Å²) in [5, 5.41) is 7.96. The number of primary sulfonamides is 1. The van der Waals surface area contributed by atoms with Crippen molar-refractivity contribution in [2.75, 3.05) is 6.54 Å². The summed E-state index contributed by atoms with van der Waals surface area (Å²) in [6.07, 6.45) is -0.0507. The lowest BCUT2D eigenvalue weighted by Crippen LogP contribution is -2.37. The van der Waals surface area contributed by atoms with Gasteiger partial charge in [0.1, 0.15) is 10.6 Å². The maximum absolute atomic E-state index is 11.7. The molecule has 0 aliphatic carbocycles. The van der Waals surface area contributed by atoms with E-state index < -0.39 is 16.1 Å². The van der Waals surface area contributed by atoms with Crippen molar-refractivity contribution in [2.24, 2.45) is 5.14 Å². The average molecular weight is 321 g/mol. The van der Waals surface area contributed by atoms with E-state index in [2.05, 4.69) is 5.32 Å². The second-order valence-corrected chi connectivity index (χ2v) is 6.15. The molecule has 1 amide bonds. The predicted molar refractivity (Wildman–Crippen MR) is 76.2 cm³/mol. The van der Waals surface area contributed by atoms with Crippen LogP contribution in [0.5, 0.6) is 5.75 Å². The van der Waals surface area contributed by atoms with Crippen molar-refractivity contribution in [3.05, 3.63) is 23.2 Å². The lowest BCUT2D eigenvalue weighted by molar-refractivity contribution is -0.127. The molecule has 112 valence electrons. The number of ether oxygens (including phenoxy) is 1. The molecular weight excluding hydrogens is 304 g/mol. The highest BCUT2D eigenvalue weighted by molar-refractivity contribution is 7.89. The van der Waals surface area contributed by atoms with Gasteiger partial charge in [-0.3, -0.25) is 4.79 Å². The fourth-order valence-corrected chi connectivity index (χ4v) is 2.36. The standard InChI is InChI=1S/C12H17ClN2O4S/c1-3-6-15-12(16)8(2)19-10-5-4-9(13)7-11(10)20(14,17)18/h4-5,7-8H,3,6H2,1-2H3,(H,15,16)(H2,14,17,18). The molecule has 0 spiro atoms. The van der Waals surface area contributed by atoms with Crippen molar-refractivity contribution >= 4 is 27.5 Å². The molecule has 0 aliphatic rings. The number of sulfonamides is 1. The van der Waals surface area contributed by atoms with E-state index in [1.165, 1.54) is 25.1 Å². The third-order valence-electron chi connectivity index (χ3n) is 2.43. The first-order valence-electron chi connectivity index (χ1n) is 6.02. The Kier molecular flexibility index (Phi) is 5.79. The molecule has 0 fully saturated rings. The molecule has 0 aliphatic heterocycles. The van der Waals surface area contributed by atoms with Gasteiger partial charge in [0.25, 0.3) is 5.91 Å². The maximum atomic E-state index is 11.7. The average Bonchev–Trinajstić information content (AvgIpc) is 2.36. The lowest BCUT2D eigenvalue weighted by Gasteiger charge is -2.16. The van der Waals surface area contributed by atoms with E-state index in [-0.39, 0.29) is 21.6 Å². The van der Waals surface area contributed by atoms with E-state index in [9.17, 15) is 13.2 Å². The summed E-state index contributed by atoms with van der Waals surface area (Å²) in [5.41, 5.74) is 0. The topological polar surface area (TPSA) is 98.5 Å². The second-order valence-electron chi connectivity index (χ2n) is 4.19. The number of nitrogens with one attached hydrogen (secondary N) is 1. The molecule has 20 heavy (non-hydrogen) atoms. The van der Waals surface area contributed by atoms with Gasteiger partial charge in [0.05, 0.1) is 0 Å². The van der Waals surface area contributed by atoms with Crippen LogP contribution in [0.15, 0.2) is 23.1 Å². The number of carbonyl (C=O) groups excluding carboxylic acids is 1. The van der Waals surface area contributed by atoms with Crippen LogP contribution in [0.25, 0.3) is 0 Å². The van der Waals surface area contributed by atoms with Gasteiger partial charge in [0.15, 0.2) is 6.10 Å². The summed E-state index contributed by atoms with van der Waals surface area (Å²) in [7, 11) is -3.99. The largest absolute Gasteiger partial charge is 0.479 e. The summed E-state index contributed by atoms with van der Waals surface area (Å²) in [6, 6.07) is 4.01. The van der Waals surface area contributed by atoms with Gasteiger partial charge >= 0.3 is 0 Å². The van der Waals surface area contributed by atoms with Crippen LogP contribution in [-0.2, 0) is 14.8 Å². The molecular formula is C12H17ClN2O4S. The number of amides is 1. The zero-order chi connectivity index (χ0) is 15.3. The minimum Gasteiger partial charge on any atom is -0.479 e. The number of halogens is 1. The number of carbonyl (C=O) groups is 1. The van der Waals surface area contributed by atoms with Crippen molar-refractivity contribution in [3.8, 4) is 5.75 Å². The Morgan fingerprint density at radius 1 is 1.50 bits per heavy atom. The fraction of sp³-hybridized carbons (Fsp3) is 0.417. The number of nitrogens with two attached hydrogens (primary N) is 1. The number of rotatable bonds is 6. The van der Waals surface area contributed by atoms with Crippen molar-refractivity contribution in [2.45, 2.75) is 31.3 Å². The first kappa shape index (κ1) is 16.7. The SMILES string of the molecule is CCCNC(=O)C(C)Oc1ccc(Cl)cc1S(N)(=O)=O. The summed E-state index contributed by atoms with van der Waals surface area (Å²) in [6.45, 7) is 3.96. The third-order valence-corrected chi connectivity index (χ3v) is 3.60. The maximum Gasteiger partial charge on any atom is 0.260 e. The van der Waals surface area contributed by atoms with Gasteiger partial charge in [-0.1, -0.05) is 18.5 Å². The van der Waals surface area contributed by atoms with E-state index in [0.717, 1.165) is 6.42 Å². The fourth-order valence-electron chi connectivity index (χ4n) is 1.44. The normalized spacial score (nSPS) is 12.8. The summed E-state index contributed by atoms with van der Waals surface area (Å²) >= 11 is 5.74. The summed E-state index contributed by atoms with van der Waals surface area (Å²) in [5.74, 6) is -0.335. The molecule has 0 bridgehead atoms. The first-order valence-corrected chi connectivity index (χ1v) is 7.95. The molecule has 1 aromatic carbocycles. The monoisotopic (exact) mass is 320 g/mol. The third kappa shape index (κ3) is 4.66. The van der Waals surface area contributed by atoms with Gasteiger partial charge in [-0.25, -0.2) is 13.6 Å². The molecule has 0 saturated carbocycles. The van der Waals surface area contributed by atoms with Crippen molar-refractivity contribution in [1.82, 2.24) is 5.32 Å². The highest BCUT2D eigenvalue weighted by atomic mass is 35.5. The Morgan fingerprint density at radius 2 is 2.15 bits per heavy atom. The van der Waals surface area contributed by atoms with Crippen molar-refractivity contribution < 1.29 is 17.9 Å². The Bertz CT molecular complexity index is 589. The van der Waals surface area contributed by atoms with E-state index in [1.807, 2.05) is 6.92 Å². The molecule has 1 aromatic rings. The van der Waals surface area contributed by atoms with Crippen LogP contribution in [-0.4, -0.2) is 27.0 Å². The van der Waals surface area contributed by atoms with Crippen LogP contribution in [0.4, 0.5) is 0 Å². The summed E-state index contributed by atoms with van der Waals surface area (Å²) in [4.78, 5) is 11.4. The molecule has 0 saturated heterocycles. The van der Waals surface area contributed by atoms with E-state index in [4.69, 9.17) is 21.5 Å². The molecule has 8 heteroatoms. The van der Waals surface area contributed by atoms with Crippen LogP contribution in [0.1, 0.15) is 20.3 Å². The first-order chi connectivity index (χ1) is 9.25. The molecule has 0 radical (unpaired) electrons. The molecule has 1 rings (SSSR count). The Hall–Kier alpha value is -1.31. The number of hydrogen-bond donors (Lipinski definition) is 2. The molecule has 6 nitrogen and oxygen atoms in total. The zero-order valence-electron chi connectivity index (χ0n) is 11.2. The number of benzene rings is 1. The Labute approximate surface area is 123 Å². The molecule has 0 aromatic heterocycles. The van der Waals surface area contributed by atoms with Crippen LogP contribution in [0.3, 0.4) is 0 Å². The minimum atomic E-state index is -3.99. The molecule has 3 N–H and O–H groups in total. The Morgan fingerprint density at radius 3 is 2.70 bits per heavy atom. The lowest BCUT2D eigenvalue weighted by atomic mass is 10.3. The number of hydrogen-bond acceptors (Lipinski definition) is 4. The second kappa shape index (κ2) is 6.92. The van der Waals surface area contributed by atoms with Gasteiger partial charge in [-0.05, 0) is 31.5 Å². The Balaban J connectivity index is 2.95. The van der Waals surface area contributed by atoms with Crippen LogP contribution < -0.4 is 15.2 Å².